The number of nitrogens with one attached hydrogen (secondary N) is 1. The van der Waals surface area contributed by atoms with Crippen molar-refractivity contribution in [3.63, 3.8) is 0 Å². The summed E-state index contributed by atoms with van der Waals surface area (Å²) < 4.78 is 5.67. The molecule has 0 radical (unpaired) electrons. The molecule has 21 heavy (non-hydrogen) atoms. The Morgan fingerprint density at radius 1 is 1.43 bits per heavy atom. The van der Waals surface area contributed by atoms with Crippen molar-refractivity contribution in [2.24, 2.45) is 0 Å². The molecule has 2 atom stereocenters. The number of nitrogens with zero attached hydrogens (tertiary/aromatic N) is 1. The Balaban J connectivity index is 1.85. The van der Waals surface area contributed by atoms with Crippen LogP contribution < -0.4 is 5.32 Å². The molecule has 1 N–H and O–H groups in total. The highest BCUT2D eigenvalue weighted by atomic mass is 16.4. The molecule has 0 unspecified atom stereocenters. The predicted octanol–water partition coefficient (Wildman–Crippen LogP) is 2.03. The summed E-state index contributed by atoms with van der Waals surface area (Å²) in [6.07, 6.45) is 4.90. The minimum Gasteiger partial charge on any atom is -0.456 e. The van der Waals surface area contributed by atoms with Crippen LogP contribution in [0.5, 0.6) is 0 Å². The summed E-state index contributed by atoms with van der Waals surface area (Å²) in [5.74, 6) is 0.999. The largest absolute Gasteiger partial charge is 0.456 e. The average molecular weight is 290 g/mol. The molecule has 1 aromatic rings. The van der Waals surface area contributed by atoms with E-state index in [2.05, 4.69) is 5.32 Å². The molecule has 2 fully saturated rings. The van der Waals surface area contributed by atoms with Gasteiger partial charge in [0.2, 0.25) is 5.91 Å². The maximum atomic E-state index is 12.7. The normalized spacial score (nSPS) is 25.4. The van der Waals surface area contributed by atoms with Crippen molar-refractivity contribution in [3.8, 4) is 0 Å². The minimum atomic E-state index is -0.149. The van der Waals surface area contributed by atoms with E-state index in [1.54, 1.807) is 11.0 Å². The summed E-state index contributed by atoms with van der Waals surface area (Å²) in [7, 11) is 0. The molecule has 0 aromatic carbocycles. The lowest BCUT2D eigenvalue weighted by atomic mass is 9.87. The van der Waals surface area contributed by atoms with Crippen LogP contribution in [-0.2, 0) is 11.2 Å². The summed E-state index contributed by atoms with van der Waals surface area (Å²) in [6.45, 7) is 4.10. The van der Waals surface area contributed by atoms with Crippen molar-refractivity contribution in [1.82, 2.24) is 10.2 Å². The molecule has 2 amide bonds. The van der Waals surface area contributed by atoms with Crippen molar-refractivity contribution in [2.75, 3.05) is 6.54 Å². The van der Waals surface area contributed by atoms with Gasteiger partial charge in [-0.05, 0) is 31.4 Å². The zero-order valence-electron chi connectivity index (χ0n) is 12.6. The van der Waals surface area contributed by atoms with E-state index in [0.717, 1.165) is 43.4 Å². The molecule has 3 rings (SSSR count). The number of hydrogen-bond donors (Lipinski definition) is 1. The predicted molar refractivity (Wildman–Crippen MR) is 78.0 cm³/mol. The van der Waals surface area contributed by atoms with E-state index in [9.17, 15) is 9.59 Å². The Morgan fingerprint density at radius 3 is 2.90 bits per heavy atom. The number of carbonyl (C=O) groups is 2. The first-order valence-electron chi connectivity index (χ1n) is 7.79. The molecule has 1 aliphatic carbocycles. The van der Waals surface area contributed by atoms with Crippen LogP contribution in [0.4, 0.5) is 0 Å². The van der Waals surface area contributed by atoms with Gasteiger partial charge in [-0.3, -0.25) is 9.59 Å². The van der Waals surface area contributed by atoms with Crippen LogP contribution in [-0.4, -0.2) is 35.3 Å². The quantitative estimate of drug-likeness (QED) is 0.906. The van der Waals surface area contributed by atoms with E-state index in [1.807, 2.05) is 13.8 Å². The van der Waals surface area contributed by atoms with Gasteiger partial charge in [-0.25, -0.2) is 0 Å². The second-order valence-corrected chi connectivity index (χ2v) is 6.03. The van der Waals surface area contributed by atoms with Crippen molar-refractivity contribution >= 4 is 11.8 Å². The molecular weight excluding hydrogens is 268 g/mol. The lowest BCUT2D eigenvalue weighted by Gasteiger charge is -2.43. The fourth-order valence-corrected chi connectivity index (χ4v) is 3.52. The average Bonchev–Trinajstić information content (AvgIpc) is 2.86. The summed E-state index contributed by atoms with van der Waals surface area (Å²) in [5.41, 5.74) is 1.00. The Labute approximate surface area is 124 Å². The lowest BCUT2D eigenvalue weighted by molar-refractivity contribution is -0.127. The molecule has 5 nitrogen and oxygen atoms in total. The molecule has 1 saturated heterocycles. The van der Waals surface area contributed by atoms with Gasteiger partial charge in [0.05, 0.1) is 6.04 Å². The Kier molecular flexibility index (Phi) is 3.74. The van der Waals surface area contributed by atoms with E-state index in [1.165, 1.54) is 0 Å². The number of fused-ring (bicyclic) bond motifs is 1. The Bertz CT molecular complexity index is 564. The Hall–Kier alpha value is -1.78. The third kappa shape index (κ3) is 2.57. The van der Waals surface area contributed by atoms with Gasteiger partial charge >= 0.3 is 0 Å². The van der Waals surface area contributed by atoms with Gasteiger partial charge in [-0.1, -0.05) is 19.8 Å². The smallest absolute Gasteiger partial charge is 0.290 e. The fourth-order valence-electron chi connectivity index (χ4n) is 3.52. The monoisotopic (exact) mass is 290 g/mol. The highest BCUT2D eigenvalue weighted by Crippen LogP contribution is 2.28. The van der Waals surface area contributed by atoms with Gasteiger partial charge in [0.25, 0.3) is 5.91 Å². The van der Waals surface area contributed by atoms with Gasteiger partial charge in [0.1, 0.15) is 12.3 Å². The van der Waals surface area contributed by atoms with Crippen LogP contribution in [0.15, 0.2) is 10.5 Å². The summed E-state index contributed by atoms with van der Waals surface area (Å²) in [5, 5.41) is 3.02. The minimum absolute atomic E-state index is 0.0644. The van der Waals surface area contributed by atoms with Crippen LogP contribution in [0.1, 0.15) is 54.5 Å². The SMILES string of the molecule is CCc1oc(C(=O)N2CC(=O)N[C@H]3CCCC[C@@H]32)cc1C. The second-order valence-electron chi connectivity index (χ2n) is 6.03. The van der Waals surface area contributed by atoms with E-state index in [4.69, 9.17) is 4.42 Å². The first kappa shape index (κ1) is 14.2. The number of carbonyl (C=O) groups excluding carboxylic acids is 2. The van der Waals surface area contributed by atoms with Crippen LogP contribution in [0.2, 0.25) is 0 Å². The van der Waals surface area contributed by atoms with Gasteiger partial charge in [0, 0.05) is 12.5 Å². The van der Waals surface area contributed by atoms with Crippen molar-refractivity contribution in [2.45, 2.75) is 58.0 Å². The maximum Gasteiger partial charge on any atom is 0.290 e. The maximum absolute atomic E-state index is 12.7. The highest BCUT2D eigenvalue weighted by Gasteiger charge is 2.39. The van der Waals surface area contributed by atoms with Crippen molar-refractivity contribution < 1.29 is 14.0 Å². The van der Waals surface area contributed by atoms with Gasteiger partial charge in [0.15, 0.2) is 5.76 Å². The zero-order valence-corrected chi connectivity index (χ0v) is 12.6. The molecular formula is C16H22N2O3. The standard InChI is InChI=1S/C16H22N2O3/c1-3-13-10(2)8-14(21-13)16(20)18-9-15(19)17-11-6-4-5-7-12(11)18/h8,11-12H,3-7,9H2,1-2H3,(H,17,19)/t11-,12-/m0/s1. The first-order valence-corrected chi connectivity index (χ1v) is 7.79. The lowest BCUT2D eigenvalue weighted by Crippen LogP contribution is -2.62. The number of aryl methyl sites for hydroxylation is 2. The van der Waals surface area contributed by atoms with E-state index in [0.29, 0.717) is 5.76 Å². The Morgan fingerprint density at radius 2 is 2.19 bits per heavy atom. The third-order valence-electron chi connectivity index (χ3n) is 4.60. The van der Waals surface area contributed by atoms with Gasteiger partial charge < -0.3 is 14.6 Å². The molecule has 0 spiro atoms. The number of amides is 2. The molecule has 1 saturated carbocycles. The number of furan rings is 1. The van der Waals surface area contributed by atoms with Crippen molar-refractivity contribution in [3.05, 3.63) is 23.2 Å². The molecule has 0 bridgehead atoms. The van der Waals surface area contributed by atoms with Crippen LogP contribution in [0, 0.1) is 6.92 Å². The highest BCUT2D eigenvalue weighted by molar-refractivity contribution is 5.95. The van der Waals surface area contributed by atoms with Crippen LogP contribution in [0.25, 0.3) is 0 Å². The van der Waals surface area contributed by atoms with E-state index >= 15 is 0 Å². The van der Waals surface area contributed by atoms with E-state index in [-0.39, 0.29) is 30.4 Å². The molecule has 2 heterocycles. The third-order valence-corrected chi connectivity index (χ3v) is 4.60. The van der Waals surface area contributed by atoms with Gasteiger partial charge in [-0.15, -0.1) is 0 Å². The summed E-state index contributed by atoms with van der Waals surface area (Å²) in [4.78, 5) is 26.3. The number of hydrogen-bond acceptors (Lipinski definition) is 3. The molecule has 114 valence electrons. The van der Waals surface area contributed by atoms with E-state index < -0.39 is 0 Å². The molecule has 1 aliphatic heterocycles. The fraction of sp³-hybridized carbons (Fsp3) is 0.625. The first-order chi connectivity index (χ1) is 10.1. The van der Waals surface area contributed by atoms with Crippen molar-refractivity contribution in [1.29, 1.82) is 0 Å². The van der Waals surface area contributed by atoms with Crippen LogP contribution in [0.3, 0.4) is 0 Å². The number of rotatable bonds is 2. The zero-order chi connectivity index (χ0) is 15.0. The number of piperazine rings is 1. The summed E-state index contributed by atoms with van der Waals surface area (Å²) in [6, 6.07) is 2.01. The summed E-state index contributed by atoms with van der Waals surface area (Å²) >= 11 is 0. The van der Waals surface area contributed by atoms with Crippen LogP contribution >= 0.6 is 0 Å². The van der Waals surface area contributed by atoms with Gasteiger partial charge in [-0.2, -0.15) is 0 Å². The molecule has 5 heteroatoms. The molecule has 2 aliphatic rings. The topological polar surface area (TPSA) is 62.6 Å². The second kappa shape index (κ2) is 5.54. The molecule has 1 aromatic heterocycles.